The van der Waals surface area contributed by atoms with Crippen LogP contribution in [-0.2, 0) is 11.3 Å². The Hall–Kier alpha value is -1.58. The molecule has 2 rings (SSSR count). The fraction of sp³-hybridized carbons (Fsp3) is 0.200. The summed E-state index contributed by atoms with van der Waals surface area (Å²) in [7, 11) is 0. The number of benzene rings is 2. The van der Waals surface area contributed by atoms with E-state index in [4.69, 9.17) is 16.3 Å². The van der Waals surface area contributed by atoms with Gasteiger partial charge in [-0.3, -0.25) is 0 Å². The lowest BCUT2D eigenvalue weighted by Crippen LogP contribution is -2.10. The van der Waals surface area contributed by atoms with Crippen LogP contribution in [0.5, 0.6) is 0 Å². The molecular formula is C15H15ClFNO. The molecule has 0 amide bonds. The van der Waals surface area contributed by atoms with Crippen molar-refractivity contribution in [2.75, 3.05) is 18.5 Å². The maximum Gasteiger partial charge on any atom is 0.146 e. The van der Waals surface area contributed by atoms with Crippen molar-refractivity contribution in [2.24, 2.45) is 0 Å². The Morgan fingerprint density at radius 3 is 2.53 bits per heavy atom. The Balaban J connectivity index is 1.67. The van der Waals surface area contributed by atoms with Gasteiger partial charge in [-0.25, -0.2) is 4.39 Å². The Morgan fingerprint density at radius 1 is 1.05 bits per heavy atom. The van der Waals surface area contributed by atoms with Crippen molar-refractivity contribution in [1.29, 1.82) is 0 Å². The normalized spacial score (nSPS) is 10.4. The molecular weight excluding hydrogens is 265 g/mol. The summed E-state index contributed by atoms with van der Waals surface area (Å²) in [6.45, 7) is 1.60. The van der Waals surface area contributed by atoms with Crippen molar-refractivity contribution in [1.82, 2.24) is 0 Å². The largest absolute Gasteiger partial charge is 0.380 e. The molecule has 2 nitrogen and oxygen atoms in total. The number of hydrogen-bond acceptors (Lipinski definition) is 2. The first-order chi connectivity index (χ1) is 9.25. The Bertz CT molecular complexity index is 516. The average molecular weight is 280 g/mol. The highest BCUT2D eigenvalue weighted by Crippen LogP contribution is 2.12. The topological polar surface area (TPSA) is 21.3 Å². The van der Waals surface area contributed by atoms with Gasteiger partial charge in [-0.05, 0) is 29.8 Å². The minimum absolute atomic E-state index is 0.250. The third-order valence-corrected chi connectivity index (χ3v) is 2.87. The molecule has 0 saturated carbocycles. The number of para-hydroxylation sites is 1. The van der Waals surface area contributed by atoms with Crippen LogP contribution in [0.2, 0.25) is 5.02 Å². The van der Waals surface area contributed by atoms with E-state index in [0.29, 0.717) is 30.5 Å². The molecule has 0 spiro atoms. The van der Waals surface area contributed by atoms with Gasteiger partial charge in [0.1, 0.15) is 5.82 Å². The summed E-state index contributed by atoms with van der Waals surface area (Å²) in [6, 6.07) is 14.1. The highest BCUT2D eigenvalue weighted by molar-refractivity contribution is 6.30. The highest BCUT2D eigenvalue weighted by Gasteiger charge is 1.98. The molecule has 19 heavy (non-hydrogen) atoms. The van der Waals surface area contributed by atoms with E-state index in [0.717, 1.165) is 5.56 Å². The first kappa shape index (κ1) is 13.8. The molecule has 0 aromatic heterocycles. The molecule has 0 aliphatic rings. The van der Waals surface area contributed by atoms with E-state index >= 15 is 0 Å². The molecule has 2 aromatic rings. The molecule has 100 valence electrons. The van der Waals surface area contributed by atoms with Gasteiger partial charge in [0, 0.05) is 11.6 Å². The summed E-state index contributed by atoms with van der Waals surface area (Å²) >= 11 is 5.79. The van der Waals surface area contributed by atoms with Gasteiger partial charge in [0.2, 0.25) is 0 Å². The summed E-state index contributed by atoms with van der Waals surface area (Å²) in [6.07, 6.45) is 0. The molecule has 0 aliphatic carbocycles. The molecule has 0 fully saturated rings. The van der Waals surface area contributed by atoms with Gasteiger partial charge >= 0.3 is 0 Å². The number of anilines is 1. The van der Waals surface area contributed by atoms with Crippen LogP contribution >= 0.6 is 11.6 Å². The quantitative estimate of drug-likeness (QED) is 0.804. The second kappa shape index (κ2) is 7.12. The van der Waals surface area contributed by atoms with Gasteiger partial charge in [0.05, 0.1) is 18.9 Å². The van der Waals surface area contributed by atoms with Crippen LogP contribution in [0.3, 0.4) is 0 Å². The third kappa shape index (κ3) is 4.54. The van der Waals surface area contributed by atoms with E-state index in [-0.39, 0.29) is 5.82 Å². The van der Waals surface area contributed by atoms with Crippen LogP contribution < -0.4 is 5.32 Å². The summed E-state index contributed by atoms with van der Waals surface area (Å²) in [5.74, 6) is -0.250. The monoisotopic (exact) mass is 279 g/mol. The van der Waals surface area contributed by atoms with E-state index in [1.165, 1.54) is 6.07 Å². The smallest absolute Gasteiger partial charge is 0.146 e. The van der Waals surface area contributed by atoms with E-state index < -0.39 is 0 Å². The molecule has 0 aliphatic heterocycles. The van der Waals surface area contributed by atoms with Gasteiger partial charge in [0.25, 0.3) is 0 Å². The molecule has 0 radical (unpaired) electrons. The van der Waals surface area contributed by atoms with Crippen molar-refractivity contribution in [3.05, 3.63) is 64.9 Å². The van der Waals surface area contributed by atoms with E-state index in [9.17, 15) is 4.39 Å². The zero-order chi connectivity index (χ0) is 13.5. The Kier molecular flexibility index (Phi) is 5.19. The molecule has 2 aromatic carbocycles. The van der Waals surface area contributed by atoms with E-state index in [1.807, 2.05) is 24.3 Å². The van der Waals surface area contributed by atoms with Gasteiger partial charge in [-0.1, -0.05) is 35.9 Å². The van der Waals surface area contributed by atoms with E-state index in [1.54, 1.807) is 18.2 Å². The van der Waals surface area contributed by atoms with Gasteiger partial charge in [0.15, 0.2) is 0 Å². The predicted octanol–water partition coefficient (Wildman–Crippen LogP) is 4.11. The van der Waals surface area contributed by atoms with Crippen LogP contribution in [0.1, 0.15) is 5.56 Å². The summed E-state index contributed by atoms with van der Waals surface area (Å²) in [5.41, 5.74) is 1.56. The van der Waals surface area contributed by atoms with Gasteiger partial charge in [-0.15, -0.1) is 0 Å². The maximum atomic E-state index is 13.3. The molecule has 0 saturated heterocycles. The zero-order valence-electron chi connectivity index (χ0n) is 10.4. The average Bonchev–Trinajstić information content (AvgIpc) is 2.42. The van der Waals surface area contributed by atoms with E-state index in [2.05, 4.69) is 5.32 Å². The SMILES string of the molecule is Fc1ccccc1NCCOCc1ccc(Cl)cc1. The highest BCUT2D eigenvalue weighted by atomic mass is 35.5. The molecule has 0 atom stereocenters. The summed E-state index contributed by atoms with van der Waals surface area (Å²) in [4.78, 5) is 0. The van der Waals surface area contributed by atoms with Gasteiger partial charge in [-0.2, -0.15) is 0 Å². The van der Waals surface area contributed by atoms with Crippen molar-refractivity contribution in [2.45, 2.75) is 6.61 Å². The number of nitrogens with one attached hydrogen (secondary N) is 1. The summed E-state index contributed by atoms with van der Waals surface area (Å²) in [5, 5.41) is 3.70. The van der Waals surface area contributed by atoms with Crippen molar-refractivity contribution < 1.29 is 9.13 Å². The predicted molar refractivity (Wildman–Crippen MR) is 76.0 cm³/mol. The van der Waals surface area contributed by atoms with Crippen LogP contribution in [0.4, 0.5) is 10.1 Å². The molecule has 4 heteroatoms. The number of ether oxygens (including phenoxy) is 1. The number of halogens is 2. The minimum atomic E-state index is -0.250. The first-order valence-corrected chi connectivity index (χ1v) is 6.44. The minimum Gasteiger partial charge on any atom is -0.380 e. The third-order valence-electron chi connectivity index (χ3n) is 2.62. The van der Waals surface area contributed by atoms with Crippen molar-refractivity contribution in [3.63, 3.8) is 0 Å². The van der Waals surface area contributed by atoms with Crippen LogP contribution in [-0.4, -0.2) is 13.2 Å². The number of hydrogen-bond donors (Lipinski definition) is 1. The molecule has 0 bridgehead atoms. The zero-order valence-corrected chi connectivity index (χ0v) is 11.2. The van der Waals surface area contributed by atoms with Crippen LogP contribution in [0, 0.1) is 5.82 Å². The fourth-order valence-electron chi connectivity index (χ4n) is 1.63. The second-order valence-electron chi connectivity index (χ2n) is 4.09. The molecule has 0 unspecified atom stereocenters. The van der Waals surface area contributed by atoms with Crippen molar-refractivity contribution >= 4 is 17.3 Å². The van der Waals surface area contributed by atoms with Crippen LogP contribution in [0.15, 0.2) is 48.5 Å². The van der Waals surface area contributed by atoms with Crippen molar-refractivity contribution in [3.8, 4) is 0 Å². The molecule has 1 N–H and O–H groups in total. The maximum absolute atomic E-state index is 13.3. The van der Waals surface area contributed by atoms with Crippen LogP contribution in [0.25, 0.3) is 0 Å². The first-order valence-electron chi connectivity index (χ1n) is 6.06. The summed E-state index contributed by atoms with van der Waals surface area (Å²) < 4.78 is 18.8. The fourth-order valence-corrected chi connectivity index (χ4v) is 1.76. The lowest BCUT2D eigenvalue weighted by molar-refractivity contribution is 0.130. The Morgan fingerprint density at radius 2 is 1.79 bits per heavy atom. The lowest BCUT2D eigenvalue weighted by Gasteiger charge is -2.08. The molecule has 0 heterocycles. The number of rotatable bonds is 6. The Labute approximate surface area is 117 Å². The van der Waals surface area contributed by atoms with Gasteiger partial charge < -0.3 is 10.1 Å². The standard InChI is InChI=1S/C15H15ClFNO/c16-13-7-5-12(6-8-13)11-19-10-9-18-15-4-2-1-3-14(15)17/h1-8,18H,9-11H2. The lowest BCUT2D eigenvalue weighted by atomic mass is 10.2. The second-order valence-corrected chi connectivity index (χ2v) is 4.52.